The highest BCUT2D eigenvalue weighted by molar-refractivity contribution is 7.92. The molecule has 216 valence electrons. The van der Waals surface area contributed by atoms with Crippen LogP contribution in [0.4, 0.5) is 27.4 Å². The zero-order chi connectivity index (χ0) is 28.1. The minimum absolute atomic E-state index is 0.210. The number of carbonyl (C=O) groups excluding carboxylic acids is 1. The summed E-state index contributed by atoms with van der Waals surface area (Å²) in [6, 6.07) is 6.68. The van der Waals surface area contributed by atoms with Crippen molar-refractivity contribution in [3.05, 3.63) is 35.4 Å². The van der Waals surface area contributed by atoms with E-state index < -0.39 is 28.1 Å². The first-order chi connectivity index (χ1) is 19.1. The van der Waals surface area contributed by atoms with Crippen LogP contribution in [0.25, 0.3) is 0 Å². The van der Waals surface area contributed by atoms with Gasteiger partial charge in [-0.15, -0.1) is 0 Å². The van der Waals surface area contributed by atoms with Crippen LogP contribution in [0.3, 0.4) is 0 Å². The van der Waals surface area contributed by atoms with Crippen LogP contribution in [0.1, 0.15) is 54.9 Å². The highest BCUT2D eigenvalue weighted by Gasteiger charge is 2.44. The van der Waals surface area contributed by atoms with Crippen LogP contribution in [-0.4, -0.2) is 75.2 Å². The molecule has 1 spiro atoms. The third-order valence-electron chi connectivity index (χ3n) is 8.61. The van der Waals surface area contributed by atoms with E-state index >= 15 is 0 Å². The lowest BCUT2D eigenvalue weighted by Crippen LogP contribution is -2.36. The fourth-order valence-electron chi connectivity index (χ4n) is 6.04. The predicted octanol–water partition coefficient (Wildman–Crippen LogP) is 3.32. The van der Waals surface area contributed by atoms with Crippen LogP contribution >= 0.6 is 0 Å². The largest absolute Gasteiger partial charge is 0.489 e. The molecule has 40 heavy (non-hydrogen) atoms. The van der Waals surface area contributed by atoms with E-state index in [2.05, 4.69) is 19.9 Å². The number of piperidine rings is 1. The lowest BCUT2D eigenvalue weighted by atomic mass is 9.93. The summed E-state index contributed by atoms with van der Waals surface area (Å²) in [5.41, 5.74) is 1.44. The molecular formula is C28H36FN5O5S. The second-order valence-electron chi connectivity index (χ2n) is 11.8. The number of amides is 1. The van der Waals surface area contributed by atoms with Crippen molar-refractivity contribution < 1.29 is 27.4 Å². The quantitative estimate of drug-likeness (QED) is 0.440. The van der Waals surface area contributed by atoms with Crippen LogP contribution in [0.15, 0.2) is 24.3 Å². The Labute approximate surface area is 234 Å². The fraction of sp³-hybridized carbons (Fsp3) is 0.571. The SMILES string of the molecule is CC1(F)CCN(c2nc(NC(=O)c3ccc(NS(=O)(=O)CCO)cc3N3CCC4(CC3)CC4)cc3c2OCC3)C1. The van der Waals surface area contributed by atoms with E-state index in [0.29, 0.717) is 65.7 Å². The summed E-state index contributed by atoms with van der Waals surface area (Å²) < 4.78 is 47.6. The zero-order valence-corrected chi connectivity index (χ0v) is 23.5. The molecule has 10 nitrogen and oxygen atoms in total. The molecule has 3 N–H and O–H groups in total. The number of alkyl halides is 1. The van der Waals surface area contributed by atoms with E-state index in [1.54, 1.807) is 25.1 Å². The number of benzene rings is 1. The Morgan fingerprint density at radius 1 is 1.12 bits per heavy atom. The second kappa shape index (κ2) is 10.1. The Kier molecular flexibility index (Phi) is 6.81. The maximum atomic E-state index is 14.6. The Hall–Kier alpha value is -3.12. The number of hydrogen-bond donors (Lipinski definition) is 3. The summed E-state index contributed by atoms with van der Waals surface area (Å²) in [7, 11) is -3.72. The number of nitrogens with zero attached hydrogens (tertiary/aromatic N) is 3. The van der Waals surface area contributed by atoms with E-state index in [-0.39, 0.29) is 12.5 Å². The molecule has 1 unspecified atom stereocenters. The molecule has 12 heteroatoms. The molecule has 0 bridgehead atoms. The zero-order valence-electron chi connectivity index (χ0n) is 22.7. The number of aliphatic hydroxyl groups is 1. The fourth-order valence-corrected chi connectivity index (χ4v) is 6.87. The number of sulfonamides is 1. The summed E-state index contributed by atoms with van der Waals surface area (Å²) in [5.74, 6) is 0.793. The predicted molar refractivity (Wildman–Crippen MR) is 152 cm³/mol. The standard InChI is InChI=1S/C28H36FN5O5S/c1-27(29)7-10-34(18-27)25-24-19(4-14-39-24)16-23(30-25)31-26(36)21-3-2-20(32-40(37,38)15-13-35)17-22(21)33-11-8-28(5-6-28)9-12-33/h2-3,16-17,32,35H,4-15,18H2,1H3,(H,30,31,36). The number of hydrogen-bond acceptors (Lipinski definition) is 8. The Morgan fingerprint density at radius 3 is 2.55 bits per heavy atom. The molecule has 1 atom stereocenters. The minimum atomic E-state index is -3.72. The van der Waals surface area contributed by atoms with Crippen LogP contribution in [0, 0.1) is 5.41 Å². The van der Waals surface area contributed by atoms with Gasteiger partial charge in [0.05, 0.1) is 42.4 Å². The Balaban J connectivity index is 1.29. The number of carbonyl (C=O) groups is 1. The Morgan fingerprint density at radius 2 is 1.88 bits per heavy atom. The summed E-state index contributed by atoms with van der Waals surface area (Å²) in [4.78, 5) is 22.4. The molecular weight excluding hydrogens is 537 g/mol. The van der Waals surface area contributed by atoms with E-state index in [9.17, 15) is 17.6 Å². The van der Waals surface area contributed by atoms with Crippen molar-refractivity contribution in [2.24, 2.45) is 5.41 Å². The third kappa shape index (κ3) is 5.56. The van der Waals surface area contributed by atoms with E-state index in [0.717, 1.165) is 31.5 Å². The highest BCUT2D eigenvalue weighted by atomic mass is 32.2. The normalized spacial score (nSPS) is 23.2. The molecule has 0 radical (unpaired) electrons. The van der Waals surface area contributed by atoms with Crippen molar-refractivity contribution in [2.45, 2.75) is 51.1 Å². The molecule has 1 aromatic carbocycles. The summed E-state index contributed by atoms with van der Waals surface area (Å²) in [5, 5.41) is 12.1. The summed E-state index contributed by atoms with van der Waals surface area (Å²) in [6.45, 7) is 3.89. The lowest BCUT2D eigenvalue weighted by Gasteiger charge is -2.35. The van der Waals surface area contributed by atoms with Crippen LogP contribution in [0.5, 0.6) is 5.75 Å². The van der Waals surface area contributed by atoms with Gasteiger partial charge in [-0.1, -0.05) is 0 Å². The molecule has 3 fully saturated rings. The van der Waals surface area contributed by atoms with Crippen molar-refractivity contribution in [3.8, 4) is 5.75 Å². The van der Waals surface area contributed by atoms with Crippen LogP contribution in [0.2, 0.25) is 0 Å². The number of pyridine rings is 1. The van der Waals surface area contributed by atoms with Crippen molar-refractivity contribution in [3.63, 3.8) is 0 Å². The first kappa shape index (κ1) is 27.1. The van der Waals surface area contributed by atoms with Crippen molar-refractivity contribution in [2.75, 3.05) is 65.0 Å². The monoisotopic (exact) mass is 573 g/mol. The maximum absolute atomic E-state index is 14.6. The third-order valence-corrected chi connectivity index (χ3v) is 9.88. The van der Waals surface area contributed by atoms with Gasteiger partial charge >= 0.3 is 0 Å². The van der Waals surface area contributed by atoms with Gasteiger partial charge in [0, 0.05) is 38.0 Å². The lowest BCUT2D eigenvalue weighted by molar-refractivity contribution is 0.102. The molecule has 3 aliphatic heterocycles. The van der Waals surface area contributed by atoms with Gasteiger partial charge in [0.25, 0.3) is 5.91 Å². The Bertz CT molecular complexity index is 1420. The average molecular weight is 574 g/mol. The van der Waals surface area contributed by atoms with Crippen molar-refractivity contribution in [1.29, 1.82) is 0 Å². The first-order valence-electron chi connectivity index (χ1n) is 14.0. The summed E-state index contributed by atoms with van der Waals surface area (Å²) in [6.07, 6.45) is 5.63. The topological polar surface area (TPSA) is 124 Å². The number of halogens is 1. The molecule has 1 aromatic heterocycles. The number of aliphatic hydroxyl groups excluding tert-OH is 1. The first-order valence-corrected chi connectivity index (χ1v) is 15.6. The van der Waals surface area contributed by atoms with Gasteiger partial charge in [-0.2, -0.15) is 0 Å². The molecule has 1 saturated carbocycles. The molecule has 6 rings (SSSR count). The van der Waals surface area contributed by atoms with E-state index in [1.807, 2.05) is 11.0 Å². The van der Waals surface area contributed by atoms with Crippen LogP contribution in [-0.2, 0) is 16.4 Å². The number of anilines is 4. The van der Waals surface area contributed by atoms with Crippen molar-refractivity contribution in [1.82, 2.24) is 4.98 Å². The number of fused-ring (bicyclic) bond motifs is 1. The number of rotatable bonds is 8. The molecule has 2 aromatic rings. The van der Waals surface area contributed by atoms with Crippen LogP contribution < -0.4 is 24.6 Å². The van der Waals surface area contributed by atoms with Gasteiger partial charge in [0.15, 0.2) is 11.6 Å². The van der Waals surface area contributed by atoms with Gasteiger partial charge in [-0.05, 0) is 62.3 Å². The van der Waals surface area contributed by atoms with Gasteiger partial charge in [0.1, 0.15) is 11.5 Å². The smallest absolute Gasteiger partial charge is 0.258 e. The number of ether oxygens (including phenoxy) is 1. The van der Waals surface area contributed by atoms with Gasteiger partial charge in [-0.25, -0.2) is 17.8 Å². The van der Waals surface area contributed by atoms with Crippen molar-refractivity contribution >= 4 is 38.9 Å². The second-order valence-corrected chi connectivity index (χ2v) is 13.7. The average Bonchev–Trinajstić information content (AvgIpc) is 3.30. The molecule has 4 aliphatic rings. The number of nitrogens with one attached hydrogen (secondary N) is 2. The molecule has 4 heterocycles. The summed E-state index contributed by atoms with van der Waals surface area (Å²) >= 11 is 0. The molecule has 2 saturated heterocycles. The van der Waals surface area contributed by atoms with E-state index in [4.69, 9.17) is 9.84 Å². The highest BCUT2D eigenvalue weighted by Crippen LogP contribution is 2.54. The van der Waals surface area contributed by atoms with Gasteiger partial charge in [-0.3, -0.25) is 9.52 Å². The maximum Gasteiger partial charge on any atom is 0.258 e. The number of aromatic nitrogens is 1. The van der Waals surface area contributed by atoms with E-state index in [1.165, 1.54) is 12.8 Å². The molecule has 1 amide bonds. The van der Waals surface area contributed by atoms with Gasteiger partial charge in [0.2, 0.25) is 10.0 Å². The van der Waals surface area contributed by atoms with Gasteiger partial charge < -0.3 is 25.0 Å². The minimum Gasteiger partial charge on any atom is -0.489 e. The molecule has 1 aliphatic carbocycles.